The third kappa shape index (κ3) is 2.65. The third-order valence-corrected chi connectivity index (χ3v) is 4.26. The van der Waals surface area contributed by atoms with Gasteiger partial charge in [0.05, 0.1) is 30.8 Å². The van der Waals surface area contributed by atoms with Crippen LogP contribution in [0, 0.1) is 11.3 Å². The number of hydrogen-bond acceptors (Lipinski definition) is 4. The molecule has 1 unspecified atom stereocenters. The molecule has 5 heteroatoms. The first-order valence-electron chi connectivity index (χ1n) is 7.12. The van der Waals surface area contributed by atoms with E-state index < -0.39 is 0 Å². The minimum Gasteiger partial charge on any atom is -0.381 e. The molecule has 1 aromatic carbocycles. The Bertz CT molecular complexity index is 587. The maximum absolute atomic E-state index is 12.4. The van der Waals surface area contributed by atoms with Gasteiger partial charge in [-0.3, -0.25) is 4.79 Å². The molecule has 0 N–H and O–H groups in total. The van der Waals surface area contributed by atoms with Gasteiger partial charge in [0.25, 0.3) is 5.91 Å². The van der Waals surface area contributed by atoms with E-state index in [0.29, 0.717) is 30.8 Å². The summed E-state index contributed by atoms with van der Waals surface area (Å²) in [5.41, 5.74) is 0.828. The molecule has 1 aromatic rings. The number of carbonyl (C=O) groups is 1. The second kappa shape index (κ2) is 5.47. The number of benzene rings is 1. The fourth-order valence-electron chi connectivity index (χ4n) is 3.10. The Balaban J connectivity index is 1.65. The molecule has 0 radical (unpaired) electrons. The van der Waals surface area contributed by atoms with Gasteiger partial charge in [0.2, 0.25) is 0 Å². The highest BCUT2D eigenvalue weighted by Crippen LogP contribution is 2.35. The molecule has 2 heterocycles. The Morgan fingerprint density at radius 2 is 2.33 bits per heavy atom. The minimum absolute atomic E-state index is 0.0409. The van der Waals surface area contributed by atoms with Gasteiger partial charge in [-0.25, -0.2) is 0 Å². The molecule has 1 atom stereocenters. The van der Waals surface area contributed by atoms with Crippen molar-refractivity contribution in [1.82, 2.24) is 4.90 Å². The Morgan fingerprint density at radius 1 is 1.52 bits per heavy atom. The highest BCUT2D eigenvalue weighted by Gasteiger charge is 2.49. The molecule has 5 nitrogen and oxygen atoms in total. The van der Waals surface area contributed by atoms with Crippen LogP contribution in [0.2, 0.25) is 0 Å². The van der Waals surface area contributed by atoms with Crippen LogP contribution in [-0.4, -0.2) is 49.3 Å². The van der Waals surface area contributed by atoms with Gasteiger partial charge in [-0.05, 0) is 24.6 Å². The van der Waals surface area contributed by atoms with Crippen LogP contribution in [0.3, 0.4) is 0 Å². The largest absolute Gasteiger partial charge is 0.381 e. The first-order valence-corrected chi connectivity index (χ1v) is 7.12. The van der Waals surface area contributed by atoms with Crippen molar-refractivity contribution in [2.75, 3.05) is 26.8 Å². The van der Waals surface area contributed by atoms with Gasteiger partial charge in [0.15, 0.2) is 0 Å². The van der Waals surface area contributed by atoms with Crippen molar-refractivity contribution in [2.45, 2.75) is 24.5 Å². The smallest absolute Gasteiger partial charge is 0.254 e. The summed E-state index contributed by atoms with van der Waals surface area (Å²) in [6.45, 7) is 1.88. The molecule has 0 aliphatic carbocycles. The van der Waals surface area contributed by atoms with E-state index in [4.69, 9.17) is 14.7 Å². The second-order valence-corrected chi connectivity index (χ2v) is 5.74. The van der Waals surface area contributed by atoms with E-state index >= 15 is 0 Å². The Kier molecular flexibility index (Phi) is 3.66. The van der Waals surface area contributed by atoms with Gasteiger partial charge < -0.3 is 14.4 Å². The monoisotopic (exact) mass is 286 g/mol. The molecule has 2 aliphatic heterocycles. The van der Waals surface area contributed by atoms with E-state index in [1.807, 2.05) is 0 Å². The summed E-state index contributed by atoms with van der Waals surface area (Å²) in [4.78, 5) is 14.2. The van der Waals surface area contributed by atoms with Gasteiger partial charge in [-0.15, -0.1) is 0 Å². The zero-order valence-corrected chi connectivity index (χ0v) is 12.0. The highest BCUT2D eigenvalue weighted by molar-refractivity contribution is 5.95. The zero-order valence-electron chi connectivity index (χ0n) is 12.0. The number of hydrogen-bond donors (Lipinski definition) is 0. The van der Waals surface area contributed by atoms with E-state index in [9.17, 15) is 4.79 Å². The van der Waals surface area contributed by atoms with Crippen molar-refractivity contribution < 1.29 is 14.3 Å². The van der Waals surface area contributed by atoms with Gasteiger partial charge in [0.1, 0.15) is 5.60 Å². The van der Waals surface area contributed by atoms with Gasteiger partial charge in [-0.2, -0.15) is 5.26 Å². The lowest BCUT2D eigenvalue weighted by Gasteiger charge is -2.52. The molecule has 0 bridgehead atoms. The third-order valence-electron chi connectivity index (χ3n) is 4.26. The summed E-state index contributed by atoms with van der Waals surface area (Å²) in [6, 6.07) is 8.86. The van der Waals surface area contributed by atoms with Crippen molar-refractivity contribution >= 4 is 5.91 Å². The number of nitrogens with zero attached hydrogens (tertiary/aromatic N) is 2. The van der Waals surface area contributed by atoms with Crippen molar-refractivity contribution in [3.05, 3.63) is 35.4 Å². The lowest BCUT2D eigenvalue weighted by molar-refractivity contribution is -0.181. The zero-order chi connectivity index (χ0) is 14.9. The molecule has 1 spiro atoms. The number of nitriles is 1. The number of methoxy groups -OCH3 is 1. The molecular weight excluding hydrogens is 268 g/mol. The summed E-state index contributed by atoms with van der Waals surface area (Å²) < 4.78 is 11.3. The van der Waals surface area contributed by atoms with Crippen LogP contribution in [0.4, 0.5) is 0 Å². The van der Waals surface area contributed by atoms with Crippen LogP contribution in [0.15, 0.2) is 24.3 Å². The predicted molar refractivity (Wildman–Crippen MR) is 75.8 cm³/mol. The lowest BCUT2D eigenvalue weighted by Crippen LogP contribution is -2.67. The minimum atomic E-state index is -0.235. The quantitative estimate of drug-likeness (QED) is 0.828. The van der Waals surface area contributed by atoms with E-state index in [1.54, 1.807) is 36.3 Å². The summed E-state index contributed by atoms with van der Waals surface area (Å²) in [6.07, 6.45) is 1.97. The van der Waals surface area contributed by atoms with E-state index in [2.05, 4.69) is 6.07 Å². The van der Waals surface area contributed by atoms with Crippen molar-refractivity contribution in [3.8, 4) is 6.07 Å². The fourth-order valence-corrected chi connectivity index (χ4v) is 3.10. The van der Waals surface area contributed by atoms with Crippen molar-refractivity contribution in [1.29, 1.82) is 5.26 Å². The van der Waals surface area contributed by atoms with Gasteiger partial charge >= 0.3 is 0 Å². The number of ether oxygens (including phenoxy) is 2. The molecule has 1 amide bonds. The predicted octanol–water partition coefficient (Wildman–Crippen LogP) is 1.58. The molecule has 110 valence electrons. The first kappa shape index (κ1) is 14.1. The Morgan fingerprint density at radius 3 is 3.05 bits per heavy atom. The molecule has 2 saturated heterocycles. The summed E-state index contributed by atoms with van der Waals surface area (Å²) in [7, 11) is 1.72. The molecule has 3 rings (SSSR count). The molecule has 2 aliphatic rings. The molecule has 21 heavy (non-hydrogen) atoms. The Labute approximate surface area is 124 Å². The number of likely N-dealkylation sites (tertiary alicyclic amines) is 1. The molecular formula is C16H18N2O3. The Hall–Kier alpha value is -1.90. The fraction of sp³-hybridized carbons (Fsp3) is 0.500. The van der Waals surface area contributed by atoms with E-state index in [-0.39, 0.29) is 17.6 Å². The van der Waals surface area contributed by atoms with Crippen LogP contribution in [0.25, 0.3) is 0 Å². The highest BCUT2D eigenvalue weighted by atomic mass is 16.5. The SMILES string of the molecule is COC1CCOC2(C1)CN(C(=O)c1cccc(C#N)c1)C2. The van der Waals surface area contributed by atoms with Crippen LogP contribution >= 0.6 is 0 Å². The average molecular weight is 286 g/mol. The van der Waals surface area contributed by atoms with Gasteiger partial charge in [0, 0.05) is 25.7 Å². The topological polar surface area (TPSA) is 62.6 Å². The van der Waals surface area contributed by atoms with Crippen LogP contribution < -0.4 is 0 Å². The first-order chi connectivity index (χ1) is 10.2. The number of amides is 1. The van der Waals surface area contributed by atoms with Crippen molar-refractivity contribution in [2.24, 2.45) is 0 Å². The average Bonchev–Trinajstić information content (AvgIpc) is 2.52. The van der Waals surface area contributed by atoms with E-state index in [1.165, 1.54) is 0 Å². The molecule has 0 saturated carbocycles. The standard InChI is InChI=1S/C16H18N2O3/c1-20-14-5-6-21-16(8-14)10-18(11-16)15(19)13-4-2-3-12(7-13)9-17/h2-4,7,14H,5-6,8,10-11H2,1H3. The lowest BCUT2D eigenvalue weighted by atomic mass is 9.84. The summed E-state index contributed by atoms with van der Waals surface area (Å²) in [5.74, 6) is -0.0409. The summed E-state index contributed by atoms with van der Waals surface area (Å²) in [5, 5.41) is 8.90. The van der Waals surface area contributed by atoms with E-state index in [0.717, 1.165) is 12.8 Å². The molecule has 0 aromatic heterocycles. The molecule has 2 fully saturated rings. The number of rotatable bonds is 2. The van der Waals surface area contributed by atoms with Crippen LogP contribution in [0.1, 0.15) is 28.8 Å². The van der Waals surface area contributed by atoms with Crippen LogP contribution in [0.5, 0.6) is 0 Å². The maximum Gasteiger partial charge on any atom is 0.254 e. The number of carbonyl (C=O) groups excluding carboxylic acids is 1. The maximum atomic E-state index is 12.4. The second-order valence-electron chi connectivity index (χ2n) is 5.74. The van der Waals surface area contributed by atoms with Crippen LogP contribution in [-0.2, 0) is 9.47 Å². The normalized spacial score (nSPS) is 23.4. The van der Waals surface area contributed by atoms with Crippen molar-refractivity contribution in [3.63, 3.8) is 0 Å². The van der Waals surface area contributed by atoms with Gasteiger partial charge in [-0.1, -0.05) is 6.07 Å². The summed E-state index contributed by atoms with van der Waals surface area (Å²) >= 11 is 0.